The molecule has 0 aromatic heterocycles. The SMILES string of the molecule is CC(C)N1Cc2ccccc2C(CC(=O)O)C1. The number of hydrogen-bond acceptors (Lipinski definition) is 2. The van der Waals surface area contributed by atoms with E-state index >= 15 is 0 Å². The molecule has 1 unspecified atom stereocenters. The van der Waals surface area contributed by atoms with Crippen molar-refractivity contribution in [2.45, 2.75) is 38.8 Å². The van der Waals surface area contributed by atoms with Crippen molar-refractivity contribution in [3.8, 4) is 0 Å². The first-order chi connectivity index (χ1) is 8.08. The molecule has 0 aliphatic carbocycles. The maximum absolute atomic E-state index is 10.9. The number of aliphatic carboxylic acids is 1. The zero-order valence-electron chi connectivity index (χ0n) is 10.4. The predicted molar refractivity (Wildman–Crippen MR) is 67.0 cm³/mol. The molecule has 1 atom stereocenters. The fraction of sp³-hybridized carbons (Fsp3) is 0.500. The summed E-state index contributed by atoms with van der Waals surface area (Å²) < 4.78 is 0. The van der Waals surface area contributed by atoms with Crippen LogP contribution in [0.25, 0.3) is 0 Å². The van der Waals surface area contributed by atoms with Crippen LogP contribution in [0.4, 0.5) is 0 Å². The Morgan fingerprint density at radius 2 is 2.18 bits per heavy atom. The van der Waals surface area contributed by atoms with Crippen LogP contribution in [0.3, 0.4) is 0 Å². The topological polar surface area (TPSA) is 40.5 Å². The van der Waals surface area contributed by atoms with Crippen molar-refractivity contribution in [1.82, 2.24) is 4.90 Å². The molecule has 1 heterocycles. The molecule has 3 heteroatoms. The van der Waals surface area contributed by atoms with Crippen LogP contribution < -0.4 is 0 Å². The van der Waals surface area contributed by atoms with Gasteiger partial charge >= 0.3 is 5.97 Å². The summed E-state index contributed by atoms with van der Waals surface area (Å²) in [5, 5.41) is 9.00. The predicted octanol–water partition coefficient (Wildman–Crippen LogP) is 2.47. The summed E-state index contributed by atoms with van der Waals surface area (Å²) in [7, 11) is 0. The summed E-state index contributed by atoms with van der Waals surface area (Å²) >= 11 is 0. The van der Waals surface area contributed by atoms with Crippen LogP contribution in [0.5, 0.6) is 0 Å². The van der Waals surface area contributed by atoms with Crippen LogP contribution in [0.2, 0.25) is 0 Å². The molecule has 1 aromatic carbocycles. The summed E-state index contributed by atoms with van der Waals surface area (Å²) in [6.45, 7) is 6.10. The number of benzene rings is 1. The van der Waals surface area contributed by atoms with E-state index in [-0.39, 0.29) is 12.3 Å². The number of hydrogen-bond donors (Lipinski definition) is 1. The van der Waals surface area contributed by atoms with E-state index in [9.17, 15) is 4.79 Å². The molecule has 0 amide bonds. The molecular weight excluding hydrogens is 214 g/mol. The molecule has 1 aliphatic heterocycles. The van der Waals surface area contributed by atoms with Crippen molar-refractivity contribution in [3.63, 3.8) is 0 Å². The highest BCUT2D eigenvalue weighted by Crippen LogP contribution is 2.31. The van der Waals surface area contributed by atoms with Gasteiger partial charge in [-0.2, -0.15) is 0 Å². The van der Waals surface area contributed by atoms with Crippen molar-refractivity contribution >= 4 is 5.97 Å². The molecule has 92 valence electrons. The van der Waals surface area contributed by atoms with Crippen LogP contribution in [0.15, 0.2) is 24.3 Å². The van der Waals surface area contributed by atoms with Crippen LogP contribution in [-0.2, 0) is 11.3 Å². The first-order valence-corrected chi connectivity index (χ1v) is 6.11. The van der Waals surface area contributed by atoms with Gasteiger partial charge in [-0.15, -0.1) is 0 Å². The van der Waals surface area contributed by atoms with E-state index in [4.69, 9.17) is 5.11 Å². The fourth-order valence-corrected chi connectivity index (χ4v) is 2.52. The Morgan fingerprint density at radius 3 is 2.82 bits per heavy atom. The number of fused-ring (bicyclic) bond motifs is 1. The molecule has 1 aromatic rings. The Bertz CT molecular complexity index is 414. The van der Waals surface area contributed by atoms with Crippen LogP contribution in [-0.4, -0.2) is 28.6 Å². The lowest BCUT2D eigenvalue weighted by Gasteiger charge is -2.36. The first-order valence-electron chi connectivity index (χ1n) is 6.11. The average Bonchev–Trinajstić information content (AvgIpc) is 2.28. The van der Waals surface area contributed by atoms with E-state index in [1.165, 1.54) is 11.1 Å². The van der Waals surface area contributed by atoms with E-state index in [1.807, 2.05) is 12.1 Å². The lowest BCUT2D eigenvalue weighted by Crippen LogP contribution is -2.38. The minimum absolute atomic E-state index is 0.125. The smallest absolute Gasteiger partial charge is 0.304 e. The standard InChI is InChI=1S/C14H19NO2/c1-10(2)15-8-11-5-3-4-6-13(11)12(9-15)7-14(16)17/h3-6,10,12H,7-9H2,1-2H3,(H,16,17). The van der Waals surface area contributed by atoms with Gasteiger partial charge in [0.05, 0.1) is 6.42 Å². The van der Waals surface area contributed by atoms with Gasteiger partial charge in [0.15, 0.2) is 0 Å². The Labute approximate surface area is 102 Å². The number of nitrogens with zero attached hydrogens (tertiary/aromatic N) is 1. The molecular formula is C14H19NO2. The molecule has 2 rings (SSSR count). The Balaban J connectivity index is 2.28. The van der Waals surface area contributed by atoms with E-state index in [0.29, 0.717) is 6.04 Å². The zero-order valence-corrected chi connectivity index (χ0v) is 10.4. The van der Waals surface area contributed by atoms with Crippen molar-refractivity contribution in [3.05, 3.63) is 35.4 Å². The monoisotopic (exact) mass is 233 g/mol. The number of carboxylic acid groups (broad SMARTS) is 1. The fourth-order valence-electron chi connectivity index (χ4n) is 2.52. The molecule has 0 saturated carbocycles. The van der Waals surface area contributed by atoms with Crippen molar-refractivity contribution in [1.29, 1.82) is 0 Å². The highest BCUT2D eigenvalue weighted by atomic mass is 16.4. The van der Waals surface area contributed by atoms with Crippen molar-refractivity contribution < 1.29 is 9.90 Å². The molecule has 17 heavy (non-hydrogen) atoms. The lowest BCUT2D eigenvalue weighted by molar-refractivity contribution is -0.137. The summed E-state index contributed by atoms with van der Waals surface area (Å²) in [5.41, 5.74) is 2.49. The van der Waals surface area contributed by atoms with Gasteiger partial charge < -0.3 is 5.11 Å². The normalized spacial score (nSPS) is 20.3. The summed E-state index contributed by atoms with van der Waals surface area (Å²) in [5.74, 6) is -0.588. The van der Waals surface area contributed by atoms with Crippen LogP contribution in [0.1, 0.15) is 37.3 Å². The maximum atomic E-state index is 10.9. The molecule has 3 nitrogen and oxygen atoms in total. The van der Waals surface area contributed by atoms with Crippen LogP contribution >= 0.6 is 0 Å². The van der Waals surface area contributed by atoms with Gasteiger partial charge in [-0.1, -0.05) is 24.3 Å². The molecule has 0 saturated heterocycles. The largest absolute Gasteiger partial charge is 0.481 e. The van der Waals surface area contributed by atoms with Crippen molar-refractivity contribution in [2.24, 2.45) is 0 Å². The van der Waals surface area contributed by atoms with E-state index in [2.05, 4.69) is 30.9 Å². The van der Waals surface area contributed by atoms with Gasteiger partial charge in [-0.25, -0.2) is 0 Å². The number of carbonyl (C=O) groups is 1. The van der Waals surface area contributed by atoms with Gasteiger partial charge in [-0.05, 0) is 25.0 Å². The Kier molecular flexibility index (Phi) is 3.48. The molecule has 1 N–H and O–H groups in total. The van der Waals surface area contributed by atoms with Gasteiger partial charge in [0.2, 0.25) is 0 Å². The quantitative estimate of drug-likeness (QED) is 0.872. The average molecular weight is 233 g/mol. The molecule has 1 aliphatic rings. The third-order valence-corrected chi connectivity index (χ3v) is 3.47. The second-order valence-corrected chi connectivity index (χ2v) is 5.02. The number of carboxylic acids is 1. The third kappa shape index (κ3) is 2.67. The second kappa shape index (κ2) is 4.88. The maximum Gasteiger partial charge on any atom is 0.304 e. The van der Waals surface area contributed by atoms with Gasteiger partial charge in [0, 0.05) is 25.0 Å². The summed E-state index contributed by atoms with van der Waals surface area (Å²) in [6.07, 6.45) is 0.222. The molecule has 0 radical (unpaired) electrons. The highest BCUT2D eigenvalue weighted by molar-refractivity contribution is 5.68. The lowest BCUT2D eigenvalue weighted by atomic mass is 9.87. The first kappa shape index (κ1) is 12.1. The minimum Gasteiger partial charge on any atom is -0.481 e. The highest BCUT2D eigenvalue weighted by Gasteiger charge is 2.27. The molecule has 0 bridgehead atoms. The van der Waals surface area contributed by atoms with Crippen molar-refractivity contribution in [2.75, 3.05) is 6.54 Å². The third-order valence-electron chi connectivity index (χ3n) is 3.47. The zero-order chi connectivity index (χ0) is 12.4. The van der Waals surface area contributed by atoms with E-state index < -0.39 is 5.97 Å². The van der Waals surface area contributed by atoms with E-state index in [0.717, 1.165) is 13.1 Å². The number of rotatable bonds is 3. The summed E-state index contributed by atoms with van der Waals surface area (Å²) in [6, 6.07) is 8.66. The Morgan fingerprint density at radius 1 is 1.47 bits per heavy atom. The molecule has 0 spiro atoms. The van der Waals surface area contributed by atoms with Gasteiger partial charge in [-0.3, -0.25) is 9.69 Å². The van der Waals surface area contributed by atoms with E-state index in [1.54, 1.807) is 0 Å². The Hall–Kier alpha value is -1.35. The summed E-state index contributed by atoms with van der Waals surface area (Å²) in [4.78, 5) is 13.3. The molecule has 0 fully saturated rings. The second-order valence-electron chi connectivity index (χ2n) is 5.02. The minimum atomic E-state index is -0.713. The van der Waals surface area contributed by atoms with Crippen LogP contribution in [0, 0.1) is 0 Å². The van der Waals surface area contributed by atoms with Gasteiger partial charge in [0.25, 0.3) is 0 Å². The van der Waals surface area contributed by atoms with Gasteiger partial charge in [0.1, 0.15) is 0 Å².